The third kappa shape index (κ3) is 5.65. The molecular formula is C25H31ClO7. The maximum absolute atomic E-state index is 10.7. The zero-order chi connectivity index (χ0) is 24.0. The molecule has 8 heteroatoms. The third-order valence-corrected chi connectivity index (χ3v) is 6.26. The van der Waals surface area contributed by atoms with Gasteiger partial charge in [-0.15, -0.1) is 6.58 Å². The van der Waals surface area contributed by atoms with Crippen LogP contribution in [0.1, 0.15) is 22.3 Å². The molecule has 1 saturated heterocycles. The van der Waals surface area contributed by atoms with Gasteiger partial charge in [0.25, 0.3) is 0 Å². The number of aliphatic hydroxyl groups excluding tert-OH is 4. The lowest BCUT2D eigenvalue weighted by Crippen LogP contribution is -2.64. The minimum absolute atomic E-state index is 0.414. The van der Waals surface area contributed by atoms with E-state index >= 15 is 0 Å². The Hall–Kier alpha value is -1.81. The second-order valence-corrected chi connectivity index (χ2v) is 8.46. The van der Waals surface area contributed by atoms with E-state index < -0.39 is 36.8 Å². The molecule has 5 atom stereocenters. The molecule has 1 aliphatic heterocycles. The van der Waals surface area contributed by atoms with E-state index in [9.17, 15) is 20.4 Å². The van der Waals surface area contributed by atoms with E-state index in [1.807, 2.05) is 24.3 Å². The predicted molar refractivity (Wildman–Crippen MR) is 124 cm³/mol. The van der Waals surface area contributed by atoms with Gasteiger partial charge in [0.15, 0.2) is 0 Å². The molecular weight excluding hydrogens is 448 g/mol. The van der Waals surface area contributed by atoms with Crippen molar-refractivity contribution in [1.82, 2.24) is 0 Å². The van der Waals surface area contributed by atoms with Crippen LogP contribution in [0.15, 0.2) is 55.1 Å². The fourth-order valence-electron chi connectivity index (χ4n) is 3.99. The Labute approximate surface area is 198 Å². The van der Waals surface area contributed by atoms with E-state index in [2.05, 4.69) is 6.58 Å². The van der Waals surface area contributed by atoms with E-state index in [4.69, 9.17) is 25.8 Å². The van der Waals surface area contributed by atoms with Gasteiger partial charge in [-0.1, -0.05) is 48.0 Å². The van der Waals surface area contributed by atoms with Gasteiger partial charge < -0.3 is 34.6 Å². The van der Waals surface area contributed by atoms with Gasteiger partial charge in [0, 0.05) is 17.7 Å². The lowest BCUT2D eigenvalue weighted by Gasteiger charge is -2.47. The van der Waals surface area contributed by atoms with Gasteiger partial charge >= 0.3 is 0 Å². The van der Waals surface area contributed by atoms with Gasteiger partial charge in [-0.2, -0.15) is 0 Å². The summed E-state index contributed by atoms with van der Waals surface area (Å²) in [4.78, 5) is 0. The van der Waals surface area contributed by atoms with Crippen molar-refractivity contribution in [2.75, 3.05) is 26.9 Å². The van der Waals surface area contributed by atoms with Crippen molar-refractivity contribution < 1.29 is 34.6 Å². The largest absolute Gasteiger partial charge is 0.394 e. The molecule has 1 fully saturated rings. The topological polar surface area (TPSA) is 109 Å². The Morgan fingerprint density at radius 1 is 1.09 bits per heavy atom. The summed E-state index contributed by atoms with van der Waals surface area (Å²) in [6, 6.07) is 13.2. The van der Waals surface area contributed by atoms with Gasteiger partial charge in [-0.3, -0.25) is 0 Å². The summed E-state index contributed by atoms with van der Waals surface area (Å²) in [5.74, 6) is -1.78. The minimum atomic E-state index is -1.78. The number of halogens is 1. The highest BCUT2D eigenvalue weighted by Gasteiger charge is 2.55. The third-order valence-electron chi connectivity index (χ3n) is 5.89. The van der Waals surface area contributed by atoms with Gasteiger partial charge in [0.05, 0.1) is 19.8 Å². The van der Waals surface area contributed by atoms with Gasteiger partial charge in [0.1, 0.15) is 24.4 Å². The van der Waals surface area contributed by atoms with E-state index in [-0.39, 0.29) is 0 Å². The molecule has 0 bridgehead atoms. The first kappa shape index (κ1) is 25.8. The fourth-order valence-corrected chi connectivity index (χ4v) is 4.18. The molecule has 180 valence electrons. The number of methoxy groups -OCH3 is 1. The lowest BCUT2D eigenvalue weighted by atomic mass is 9.87. The Kier molecular flexibility index (Phi) is 9.03. The van der Waals surface area contributed by atoms with Crippen molar-refractivity contribution in [2.24, 2.45) is 0 Å². The van der Waals surface area contributed by atoms with Crippen LogP contribution in [-0.4, -0.2) is 71.8 Å². The van der Waals surface area contributed by atoms with Crippen molar-refractivity contribution in [3.63, 3.8) is 0 Å². The van der Waals surface area contributed by atoms with Crippen molar-refractivity contribution in [3.05, 3.63) is 82.4 Å². The van der Waals surface area contributed by atoms with Crippen molar-refractivity contribution in [2.45, 2.75) is 43.0 Å². The molecule has 0 aliphatic carbocycles. The summed E-state index contributed by atoms with van der Waals surface area (Å²) < 4.78 is 16.7. The van der Waals surface area contributed by atoms with E-state index in [1.54, 1.807) is 24.3 Å². The molecule has 3 rings (SSSR count). The SMILES string of the molecule is C=CCOCCc1ccc(Cc2cc([C@]3(OC)O[C@H](CO)[C@@H](O)[C@H](O)[C@H]3O)ccc2Cl)cc1. The summed E-state index contributed by atoms with van der Waals surface area (Å²) in [5, 5.41) is 41.3. The molecule has 1 aliphatic rings. The van der Waals surface area contributed by atoms with Crippen LogP contribution < -0.4 is 0 Å². The summed E-state index contributed by atoms with van der Waals surface area (Å²) in [6.45, 7) is 4.23. The zero-order valence-electron chi connectivity index (χ0n) is 18.6. The summed E-state index contributed by atoms with van der Waals surface area (Å²) in [6.07, 6.45) is -2.71. The van der Waals surface area contributed by atoms with Crippen LogP contribution in [0, 0.1) is 0 Å². The van der Waals surface area contributed by atoms with Crippen molar-refractivity contribution >= 4 is 11.6 Å². The minimum Gasteiger partial charge on any atom is -0.394 e. The zero-order valence-corrected chi connectivity index (χ0v) is 19.3. The summed E-state index contributed by atoms with van der Waals surface area (Å²) in [5.41, 5.74) is 3.37. The van der Waals surface area contributed by atoms with Crippen LogP contribution in [0.2, 0.25) is 5.02 Å². The molecule has 0 unspecified atom stereocenters. The highest BCUT2D eigenvalue weighted by molar-refractivity contribution is 6.31. The smallest absolute Gasteiger partial charge is 0.224 e. The van der Waals surface area contributed by atoms with Gasteiger partial charge in [0.2, 0.25) is 5.79 Å². The number of hydrogen-bond acceptors (Lipinski definition) is 7. The molecule has 0 amide bonds. The Bertz CT molecular complexity index is 917. The molecule has 4 N–H and O–H groups in total. The van der Waals surface area contributed by atoms with E-state index in [1.165, 1.54) is 7.11 Å². The molecule has 2 aromatic rings. The monoisotopic (exact) mass is 478 g/mol. The maximum Gasteiger partial charge on any atom is 0.224 e. The number of rotatable bonds is 10. The number of hydrogen-bond donors (Lipinski definition) is 4. The highest BCUT2D eigenvalue weighted by atomic mass is 35.5. The second-order valence-electron chi connectivity index (χ2n) is 8.05. The van der Waals surface area contributed by atoms with Crippen LogP contribution in [0.25, 0.3) is 0 Å². The highest BCUT2D eigenvalue weighted by Crippen LogP contribution is 2.40. The molecule has 0 saturated carbocycles. The molecule has 7 nitrogen and oxygen atoms in total. The number of aliphatic hydroxyl groups is 4. The molecule has 2 aromatic carbocycles. The number of ether oxygens (including phenoxy) is 3. The first-order valence-corrected chi connectivity index (χ1v) is 11.2. The number of benzene rings is 2. The van der Waals surface area contributed by atoms with Crippen molar-refractivity contribution in [1.29, 1.82) is 0 Å². The van der Waals surface area contributed by atoms with Gasteiger partial charge in [-0.25, -0.2) is 0 Å². The Morgan fingerprint density at radius 3 is 2.42 bits per heavy atom. The lowest BCUT2D eigenvalue weighted by molar-refractivity contribution is -0.366. The molecule has 1 heterocycles. The first-order chi connectivity index (χ1) is 15.9. The average Bonchev–Trinajstić information content (AvgIpc) is 2.83. The average molecular weight is 479 g/mol. The van der Waals surface area contributed by atoms with Crippen LogP contribution in [0.3, 0.4) is 0 Å². The van der Waals surface area contributed by atoms with Crippen LogP contribution in [0.5, 0.6) is 0 Å². The molecule has 0 aromatic heterocycles. The maximum atomic E-state index is 10.7. The van der Waals surface area contributed by atoms with Crippen molar-refractivity contribution in [3.8, 4) is 0 Å². The van der Waals surface area contributed by atoms with Crippen LogP contribution >= 0.6 is 11.6 Å². The first-order valence-electron chi connectivity index (χ1n) is 10.8. The summed E-state index contributed by atoms with van der Waals surface area (Å²) in [7, 11) is 1.33. The fraction of sp³-hybridized carbons (Fsp3) is 0.440. The Balaban J connectivity index is 1.82. The van der Waals surface area contributed by atoms with E-state index in [0.717, 1.165) is 23.1 Å². The second kappa shape index (κ2) is 11.6. The van der Waals surface area contributed by atoms with Crippen LogP contribution in [-0.2, 0) is 32.8 Å². The summed E-state index contributed by atoms with van der Waals surface area (Å²) >= 11 is 6.45. The van der Waals surface area contributed by atoms with Crippen LogP contribution in [0.4, 0.5) is 0 Å². The standard InChI is InChI=1S/C25H31ClO7/c1-3-11-32-12-10-16-4-6-17(7-5-16)13-18-14-19(8-9-20(18)26)25(31-2)24(30)23(29)22(28)21(15-27)33-25/h3-9,14,21-24,27-30H,1,10-13,15H2,2H3/t21-,22-,23+,24-,25+/m1/s1. The van der Waals surface area contributed by atoms with E-state index in [0.29, 0.717) is 30.2 Å². The Morgan fingerprint density at radius 2 is 1.79 bits per heavy atom. The normalized spacial score (nSPS) is 27.5. The van der Waals surface area contributed by atoms with Gasteiger partial charge in [-0.05, 0) is 41.7 Å². The quantitative estimate of drug-likeness (QED) is 0.305. The molecule has 33 heavy (non-hydrogen) atoms. The molecule has 0 spiro atoms. The molecule has 0 radical (unpaired) electrons. The predicted octanol–water partition coefficient (Wildman–Crippen LogP) is 1.95.